The molecule has 0 heteroatoms. The molecular formula is C21H18. The maximum atomic E-state index is 2.38. The highest BCUT2D eigenvalue weighted by Crippen LogP contribution is 2.42. The smallest absolute Gasteiger partial charge is 0.0281 e. The molecule has 102 valence electrons. The van der Waals surface area contributed by atoms with Crippen LogP contribution in [0.2, 0.25) is 0 Å². The third-order valence-corrected chi connectivity index (χ3v) is 4.40. The van der Waals surface area contributed by atoms with Gasteiger partial charge in [-0.2, -0.15) is 0 Å². The van der Waals surface area contributed by atoms with E-state index in [-0.39, 0.29) is 0 Å². The van der Waals surface area contributed by atoms with Crippen LogP contribution >= 0.6 is 0 Å². The molecule has 2 aliphatic carbocycles. The van der Waals surface area contributed by atoms with Crippen molar-refractivity contribution in [1.82, 2.24) is 0 Å². The second-order valence-corrected chi connectivity index (χ2v) is 6.05. The van der Waals surface area contributed by atoms with Crippen molar-refractivity contribution in [2.24, 2.45) is 5.92 Å². The molecule has 0 saturated heterocycles. The van der Waals surface area contributed by atoms with Gasteiger partial charge in [-0.3, -0.25) is 0 Å². The Kier molecular flexibility index (Phi) is 2.71. The average molecular weight is 270 g/mol. The van der Waals surface area contributed by atoms with E-state index in [2.05, 4.69) is 80.6 Å². The van der Waals surface area contributed by atoms with Crippen LogP contribution in [0.25, 0.3) is 16.3 Å². The highest BCUT2D eigenvalue weighted by Gasteiger charge is 2.25. The lowest BCUT2D eigenvalue weighted by atomic mass is 9.81. The Morgan fingerprint density at radius 2 is 1.57 bits per heavy atom. The van der Waals surface area contributed by atoms with E-state index in [4.69, 9.17) is 0 Å². The highest BCUT2D eigenvalue weighted by atomic mass is 14.3. The summed E-state index contributed by atoms with van der Waals surface area (Å²) in [5, 5.41) is 2.66. The fraction of sp³-hybridized carbons (Fsp3) is 0.143. The zero-order chi connectivity index (χ0) is 14.4. The predicted molar refractivity (Wildman–Crippen MR) is 91.0 cm³/mol. The fourth-order valence-corrected chi connectivity index (χ4v) is 3.52. The van der Waals surface area contributed by atoms with Gasteiger partial charge in [-0.15, -0.1) is 0 Å². The van der Waals surface area contributed by atoms with Gasteiger partial charge >= 0.3 is 0 Å². The monoisotopic (exact) mass is 270 g/mol. The molecule has 1 atom stereocenters. The van der Waals surface area contributed by atoms with Gasteiger partial charge in [-0.1, -0.05) is 77.9 Å². The molecule has 2 aliphatic rings. The molecule has 4 rings (SSSR count). The van der Waals surface area contributed by atoms with Gasteiger partial charge in [0.15, 0.2) is 0 Å². The van der Waals surface area contributed by atoms with E-state index in [1.54, 1.807) is 0 Å². The maximum absolute atomic E-state index is 2.38. The molecule has 0 amide bonds. The molecule has 1 unspecified atom stereocenters. The van der Waals surface area contributed by atoms with Crippen molar-refractivity contribution in [3.63, 3.8) is 0 Å². The Hall–Kier alpha value is -2.34. The first kappa shape index (κ1) is 12.4. The Bertz CT molecular complexity index is 851. The molecule has 2 aromatic rings. The van der Waals surface area contributed by atoms with Crippen molar-refractivity contribution in [2.45, 2.75) is 13.8 Å². The molecule has 2 aromatic carbocycles. The molecule has 0 nitrogen and oxygen atoms in total. The molecule has 0 spiro atoms. The van der Waals surface area contributed by atoms with Crippen molar-refractivity contribution in [3.05, 3.63) is 89.1 Å². The number of hydrogen-bond donors (Lipinski definition) is 0. The van der Waals surface area contributed by atoms with Crippen LogP contribution in [-0.2, 0) is 0 Å². The molecule has 0 N–H and O–H groups in total. The van der Waals surface area contributed by atoms with Crippen LogP contribution in [-0.4, -0.2) is 0 Å². The van der Waals surface area contributed by atoms with Crippen molar-refractivity contribution in [2.75, 3.05) is 0 Å². The fourth-order valence-electron chi connectivity index (χ4n) is 3.52. The summed E-state index contributed by atoms with van der Waals surface area (Å²) in [6, 6.07) is 15.3. The van der Waals surface area contributed by atoms with Crippen LogP contribution in [0.3, 0.4) is 0 Å². The molecule has 0 fully saturated rings. The van der Waals surface area contributed by atoms with E-state index in [9.17, 15) is 0 Å². The molecule has 0 saturated carbocycles. The average Bonchev–Trinajstić information content (AvgIpc) is 2.86. The Morgan fingerprint density at radius 3 is 2.48 bits per heavy atom. The molecule has 0 bridgehead atoms. The van der Waals surface area contributed by atoms with Gasteiger partial charge < -0.3 is 0 Å². The summed E-state index contributed by atoms with van der Waals surface area (Å²) in [6.45, 7) is 4.38. The van der Waals surface area contributed by atoms with Crippen LogP contribution in [0, 0.1) is 5.92 Å². The quantitative estimate of drug-likeness (QED) is 0.625. The van der Waals surface area contributed by atoms with Crippen LogP contribution in [0.5, 0.6) is 0 Å². The second kappa shape index (κ2) is 4.60. The minimum absolute atomic E-state index is 0.416. The summed E-state index contributed by atoms with van der Waals surface area (Å²) >= 11 is 0. The lowest BCUT2D eigenvalue weighted by Crippen LogP contribution is -2.05. The van der Waals surface area contributed by atoms with Crippen molar-refractivity contribution in [1.29, 1.82) is 0 Å². The molecule has 0 aliphatic heterocycles. The largest absolute Gasteiger partial charge is 0.0697 e. The zero-order valence-corrected chi connectivity index (χ0v) is 12.4. The third-order valence-electron chi connectivity index (χ3n) is 4.40. The van der Waals surface area contributed by atoms with Crippen molar-refractivity contribution in [3.8, 4) is 0 Å². The number of hydrogen-bond acceptors (Lipinski definition) is 0. The summed E-state index contributed by atoms with van der Waals surface area (Å²) in [5.41, 5.74) is 6.92. The van der Waals surface area contributed by atoms with Crippen LogP contribution < -0.4 is 0 Å². The van der Waals surface area contributed by atoms with Gasteiger partial charge in [0.1, 0.15) is 0 Å². The molecular weight excluding hydrogens is 252 g/mol. The number of fused-ring (bicyclic) bond motifs is 2. The van der Waals surface area contributed by atoms with E-state index in [0.29, 0.717) is 5.92 Å². The van der Waals surface area contributed by atoms with E-state index >= 15 is 0 Å². The summed E-state index contributed by atoms with van der Waals surface area (Å²) in [6.07, 6.45) is 9.35. The maximum Gasteiger partial charge on any atom is 0.0281 e. The summed E-state index contributed by atoms with van der Waals surface area (Å²) in [7, 11) is 0. The lowest BCUT2D eigenvalue weighted by Gasteiger charge is -2.22. The summed E-state index contributed by atoms with van der Waals surface area (Å²) < 4.78 is 0. The second-order valence-electron chi connectivity index (χ2n) is 6.05. The van der Waals surface area contributed by atoms with Gasteiger partial charge in [0.05, 0.1) is 0 Å². The Labute approximate surface area is 125 Å². The lowest BCUT2D eigenvalue weighted by molar-refractivity contribution is 1.03. The van der Waals surface area contributed by atoms with Crippen LogP contribution in [0.1, 0.15) is 19.4 Å². The molecule has 0 aromatic heterocycles. The predicted octanol–water partition coefficient (Wildman–Crippen LogP) is 5.69. The first-order valence-electron chi connectivity index (χ1n) is 7.50. The normalized spacial score (nSPS) is 20.6. The van der Waals surface area contributed by atoms with Gasteiger partial charge in [0.2, 0.25) is 0 Å². The minimum Gasteiger partial charge on any atom is -0.0697 e. The Balaban J connectivity index is 1.96. The number of rotatable bonds is 1. The molecule has 0 radical (unpaired) electrons. The van der Waals surface area contributed by atoms with Gasteiger partial charge in [-0.05, 0) is 41.3 Å². The molecule has 21 heavy (non-hydrogen) atoms. The highest BCUT2D eigenvalue weighted by molar-refractivity contribution is 5.96. The first-order valence-corrected chi connectivity index (χ1v) is 7.50. The Morgan fingerprint density at radius 1 is 0.762 bits per heavy atom. The van der Waals surface area contributed by atoms with Crippen LogP contribution in [0.4, 0.5) is 0 Å². The van der Waals surface area contributed by atoms with Crippen LogP contribution in [0.15, 0.2) is 83.5 Å². The SMILES string of the molecule is CC1=CC2=CC(C)=CC2C(c2cccc3ccccc23)=C1. The van der Waals surface area contributed by atoms with Gasteiger partial charge in [0, 0.05) is 5.92 Å². The standard InChI is InChI=1S/C21H18/c1-14-10-17-11-15(2)13-21(20(17)12-14)19-9-5-7-16-6-3-4-8-18(16)19/h3-13,20H,1-2H3. The van der Waals surface area contributed by atoms with Crippen molar-refractivity contribution < 1.29 is 0 Å². The topological polar surface area (TPSA) is 0 Å². The number of allylic oxidation sites excluding steroid dienone is 8. The van der Waals surface area contributed by atoms with E-state index < -0.39 is 0 Å². The number of benzene rings is 2. The first-order chi connectivity index (χ1) is 10.2. The molecule has 0 heterocycles. The summed E-state index contributed by atoms with van der Waals surface area (Å²) in [4.78, 5) is 0. The van der Waals surface area contributed by atoms with E-state index in [0.717, 1.165) is 0 Å². The minimum atomic E-state index is 0.416. The van der Waals surface area contributed by atoms with Crippen molar-refractivity contribution >= 4 is 16.3 Å². The van der Waals surface area contributed by atoms with Gasteiger partial charge in [0.25, 0.3) is 0 Å². The van der Waals surface area contributed by atoms with E-state index in [1.165, 1.54) is 38.6 Å². The summed E-state index contributed by atoms with van der Waals surface area (Å²) in [5.74, 6) is 0.416. The zero-order valence-electron chi connectivity index (χ0n) is 12.4. The third kappa shape index (κ3) is 1.99. The van der Waals surface area contributed by atoms with E-state index in [1.807, 2.05) is 0 Å². The van der Waals surface area contributed by atoms with Gasteiger partial charge in [-0.25, -0.2) is 0 Å².